The molecule has 3 heteroatoms. The van der Waals surface area contributed by atoms with Crippen molar-refractivity contribution in [2.45, 2.75) is 6.92 Å². The van der Waals surface area contributed by atoms with Crippen molar-refractivity contribution in [2.75, 3.05) is 33.6 Å². The van der Waals surface area contributed by atoms with Crippen LogP contribution in [0.15, 0.2) is 11.6 Å². The van der Waals surface area contributed by atoms with Crippen LogP contribution in [0.25, 0.3) is 0 Å². The molecule has 0 aromatic heterocycles. The molecule has 0 aliphatic rings. The number of likely N-dealkylation sites (N-methyl/N-ethyl adjacent to an activating group) is 1. The van der Waals surface area contributed by atoms with Gasteiger partial charge in [0, 0.05) is 5.88 Å². The monoisotopic (exact) mass is 241 g/mol. The van der Waals surface area contributed by atoms with Crippen molar-refractivity contribution < 1.29 is 21.5 Å². The molecule has 0 amide bonds. The molecule has 0 aliphatic carbocycles. The van der Waals surface area contributed by atoms with Gasteiger partial charge in [-0.1, -0.05) is 6.08 Å². The third-order valence-electron chi connectivity index (χ3n) is 1.15. The molecule has 0 saturated carbocycles. The van der Waals surface area contributed by atoms with E-state index in [-0.39, 0.29) is 17.0 Å². The zero-order chi connectivity index (χ0) is 8.20. The molecule has 0 saturated heterocycles. The smallest absolute Gasteiger partial charge is 0.0994 e. The zero-order valence-corrected chi connectivity index (χ0v) is 10.0. The summed E-state index contributed by atoms with van der Waals surface area (Å²) in [7, 11) is 6.52. The molecular formula is C8H17BrClN. The number of quaternary nitrogens is 1. The van der Waals surface area contributed by atoms with E-state index >= 15 is 0 Å². The van der Waals surface area contributed by atoms with Gasteiger partial charge in [-0.3, -0.25) is 0 Å². The Morgan fingerprint density at radius 2 is 1.82 bits per heavy atom. The van der Waals surface area contributed by atoms with Gasteiger partial charge in [0.15, 0.2) is 0 Å². The van der Waals surface area contributed by atoms with Crippen LogP contribution in [0.1, 0.15) is 6.92 Å². The van der Waals surface area contributed by atoms with Crippen LogP contribution in [-0.4, -0.2) is 38.1 Å². The van der Waals surface area contributed by atoms with Crippen molar-refractivity contribution in [3.63, 3.8) is 0 Å². The quantitative estimate of drug-likeness (QED) is 0.334. The molecule has 0 unspecified atom stereocenters. The highest BCUT2D eigenvalue weighted by Crippen LogP contribution is 2.00. The Bertz CT molecular complexity index is 127. The molecule has 0 aromatic carbocycles. The summed E-state index contributed by atoms with van der Waals surface area (Å²) in [5.74, 6) is 0.631. The summed E-state index contributed by atoms with van der Waals surface area (Å²) in [4.78, 5) is 0. The molecule has 0 heterocycles. The van der Waals surface area contributed by atoms with Crippen LogP contribution in [0.2, 0.25) is 0 Å². The zero-order valence-electron chi connectivity index (χ0n) is 7.69. The largest absolute Gasteiger partial charge is 1.00 e. The first-order chi connectivity index (χ1) is 4.45. The van der Waals surface area contributed by atoms with Crippen molar-refractivity contribution in [1.82, 2.24) is 0 Å². The van der Waals surface area contributed by atoms with Gasteiger partial charge in [-0.15, -0.1) is 11.6 Å². The predicted octanol–water partition coefficient (Wildman–Crippen LogP) is -1.12. The SMILES string of the molecule is CC(=CCCl)C[N+](C)(C)C.[Br-]. The standard InChI is InChI=1S/C8H17ClN.BrH/c1-8(5-6-9)7-10(2,3)4;/h5H,6-7H2,1-4H3;1H/q+1;/p-1. The van der Waals surface area contributed by atoms with Gasteiger partial charge in [0.1, 0.15) is 0 Å². The molecule has 0 spiro atoms. The molecule has 0 aliphatic heterocycles. The summed E-state index contributed by atoms with van der Waals surface area (Å²) in [5, 5.41) is 0. The lowest BCUT2D eigenvalue weighted by Crippen LogP contribution is -3.00. The molecule has 0 N–H and O–H groups in total. The number of alkyl halides is 1. The van der Waals surface area contributed by atoms with Crippen molar-refractivity contribution in [2.24, 2.45) is 0 Å². The van der Waals surface area contributed by atoms with Gasteiger partial charge in [0.25, 0.3) is 0 Å². The highest BCUT2D eigenvalue weighted by molar-refractivity contribution is 6.18. The van der Waals surface area contributed by atoms with E-state index in [4.69, 9.17) is 11.6 Å². The Hall–Kier alpha value is 0.470. The fourth-order valence-corrected chi connectivity index (χ4v) is 1.21. The minimum atomic E-state index is 0. The third-order valence-corrected chi connectivity index (χ3v) is 1.30. The Morgan fingerprint density at radius 1 is 1.36 bits per heavy atom. The van der Waals surface area contributed by atoms with E-state index in [1.165, 1.54) is 5.57 Å². The highest BCUT2D eigenvalue weighted by atomic mass is 79.9. The normalized spacial score (nSPS) is 12.6. The Balaban J connectivity index is 0. The lowest BCUT2D eigenvalue weighted by molar-refractivity contribution is -0.865. The van der Waals surface area contributed by atoms with E-state index in [0.29, 0.717) is 5.88 Å². The minimum Gasteiger partial charge on any atom is -1.00 e. The molecule has 11 heavy (non-hydrogen) atoms. The maximum Gasteiger partial charge on any atom is 0.0994 e. The second kappa shape index (κ2) is 6.04. The van der Waals surface area contributed by atoms with E-state index in [9.17, 15) is 0 Å². The van der Waals surface area contributed by atoms with Gasteiger partial charge in [0.2, 0.25) is 0 Å². The van der Waals surface area contributed by atoms with Crippen molar-refractivity contribution >= 4 is 11.6 Å². The summed E-state index contributed by atoms with van der Waals surface area (Å²) in [6.45, 7) is 3.19. The number of allylic oxidation sites excluding steroid dienone is 1. The Labute approximate surface area is 85.4 Å². The van der Waals surface area contributed by atoms with Crippen LogP contribution in [-0.2, 0) is 0 Å². The summed E-state index contributed by atoms with van der Waals surface area (Å²) in [6.07, 6.45) is 2.06. The molecule has 1 nitrogen and oxygen atoms in total. The van der Waals surface area contributed by atoms with E-state index in [1.54, 1.807) is 0 Å². The molecule has 0 fully saturated rings. The first-order valence-electron chi connectivity index (χ1n) is 3.48. The molecular weight excluding hydrogens is 225 g/mol. The predicted molar refractivity (Wildman–Crippen MR) is 47.4 cm³/mol. The molecule has 68 valence electrons. The van der Waals surface area contributed by atoms with E-state index in [2.05, 4.69) is 34.1 Å². The fourth-order valence-electron chi connectivity index (χ4n) is 0.944. The topological polar surface area (TPSA) is 0 Å². The Kier molecular flexibility index (Phi) is 7.70. The molecule has 0 rings (SSSR count). The van der Waals surface area contributed by atoms with E-state index in [0.717, 1.165) is 11.0 Å². The van der Waals surface area contributed by atoms with Crippen LogP contribution in [0.5, 0.6) is 0 Å². The number of nitrogens with zero attached hydrogens (tertiary/aromatic N) is 1. The lowest BCUT2D eigenvalue weighted by Gasteiger charge is -2.24. The lowest BCUT2D eigenvalue weighted by atomic mass is 10.2. The van der Waals surface area contributed by atoms with Crippen LogP contribution >= 0.6 is 11.6 Å². The first-order valence-corrected chi connectivity index (χ1v) is 4.01. The highest BCUT2D eigenvalue weighted by Gasteiger charge is 2.06. The van der Waals surface area contributed by atoms with Gasteiger partial charge in [-0.05, 0) is 12.5 Å². The van der Waals surface area contributed by atoms with Crippen LogP contribution in [0.3, 0.4) is 0 Å². The van der Waals surface area contributed by atoms with E-state index in [1.807, 2.05) is 0 Å². The van der Waals surface area contributed by atoms with Gasteiger partial charge < -0.3 is 21.5 Å². The molecule has 0 bridgehead atoms. The van der Waals surface area contributed by atoms with Crippen LogP contribution in [0.4, 0.5) is 0 Å². The van der Waals surface area contributed by atoms with Gasteiger partial charge in [-0.2, -0.15) is 0 Å². The number of rotatable bonds is 3. The molecule has 0 aromatic rings. The third kappa shape index (κ3) is 10.5. The van der Waals surface area contributed by atoms with Gasteiger partial charge in [-0.25, -0.2) is 0 Å². The number of halogens is 2. The average molecular weight is 243 g/mol. The second-order valence-corrected chi connectivity index (χ2v) is 3.96. The summed E-state index contributed by atoms with van der Waals surface area (Å²) < 4.78 is 0.971. The van der Waals surface area contributed by atoms with E-state index < -0.39 is 0 Å². The van der Waals surface area contributed by atoms with Crippen LogP contribution in [0, 0.1) is 0 Å². The Morgan fingerprint density at radius 3 is 2.09 bits per heavy atom. The van der Waals surface area contributed by atoms with Gasteiger partial charge in [0.05, 0.1) is 27.7 Å². The van der Waals surface area contributed by atoms with Crippen molar-refractivity contribution in [1.29, 1.82) is 0 Å². The maximum atomic E-state index is 5.54. The first kappa shape index (κ1) is 14.0. The fraction of sp³-hybridized carbons (Fsp3) is 0.750. The van der Waals surface area contributed by atoms with Crippen molar-refractivity contribution in [3.8, 4) is 0 Å². The maximum absolute atomic E-state index is 5.54. The average Bonchev–Trinajstić information content (AvgIpc) is 1.59. The van der Waals surface area contributed by atoms with Crippen molar-refractivity contribution in [3.05, 3.63) is 11.6 Å². The molecule has 0 radical (unpaired) electrons. The van der Waals surface area contributed by atoms with Gasteiger partial charge >= 0.3 is 0 Å². The summed E-state index contributed by atoms with van der Waals surface area (Å²) >= 11 is 5.54. The summed E-state index contributed by atoms with van der Waals surface area (Å²) in [6, 6.07) is 0. The minimum absolute atomic E-state index is 0. The number of hydrogen-bond donors (Lipinski definition) is 0. The summed E-state index contributed by atoms with van der Waals surface area (Å²) in [5.41, 5.74) is 1.36. The number of hydrogen-bond acceptors (Lipinski definition) is 0. The second-order valence-electron chi connectivity index (χ2n) is 3.65. The molecule has 0 atom stereocenters. The van der Waals surface area contributed by atoms with Crippen LogP contribution < -0.4 is 17.0 Å².